The third kappa shape index (κ3) is 3.90. The molecule has 1 saturated heterocycles. The van der Waals surface area contributed by atoms with Crippen molar-refractivity contribution in [2.45, 2.75) is 25.8 Å². The highest BCUT2D eigenvalue weighted by Gasteiger charge is 2.39. The number of aryl methyl sites for hydroxylation is 1. The normalized spacial score (nSPS) is 19.3. The minimum Gasteiger partial charge on any atom is -0.480 e. The number of carboxylic acids is 1. The molecule has 1 aliphatic heterocycles. The number of nitrogens with zero attached hydrogens (tertiary/aromatic N) is 2. The zero-order valence-corrected chi connectivity index (χ0v) is 13.7. The Balaban J connectivity index is 2.04. The number of amides is 2. The fraction of sp³-hybridized carbons (Fsp3) is 0.471. The second kappa shape index (κ2) is 7.42. The summed E-state index contributed by atoms with van der Waals surface area (Å²) in [6.45, 7) is 1.40. The van der Waals surface area contributed by atoms with Gasteiger partial charge < -0.3 is 14.9 Å². The van der Waals surface area contributed by atoms with Crippen LogP contribution in [0, 0.1) is 11.7 Å². The summed E-state index contributed by atoms with van der Waals surface area (Å²) in [4.78, 5) is 38.2. The molecule has 1 aliphatic rings. The minimum atomic E-state index is -1.14. The van der Waals surface area contributed by atoms with Gasteiger partial charge in [-0.2, -0.15) is 0 Å². The number of hydrogen-bond acceptors (Lipinski definition) is 3. The SMILES string of the molecule is CC(CCc1ccccc1F)C(=O)N1CC(=O)N(C)CC1C(=O)O. The predicted octanol–water partition coefficient (Wildman–Crippen LogP) is 1.15. The number of carboxylic acid groups (broad SMARTS) is 1. The second-order valence-electron chi connectivity index (χ2n) is 6.13. The first-order valence-corrected chi connectivity index (χ1v) is 7.82. The smallest absolute Gasteiger partial charge is 0.328 e. The Morgan fingerprint density at radius 3 is 2.67 bits per heavy atom. The number of likely N-dealkylation sites (N-methyl/N-ethyl adjacent to an activating group) is 1. The van der Waals surface area contributed by atoms with Crippen molar-refractivity contribution in [3.63, 3.8) is 0 Å². The molecule has 2 rings (SSSR count). The van der Waals surface area contributed by atoms with E-state index >= 15 is 0 Å². The van der Waals surface area contributed by atoms with Crippen LogP contribution in [0.5, 0.6) is 0 Å². The van der Waals surface area contributed by atoms with Crippen molar-refractivity contribution in [1.29, 1.82) is 0 Å². The van der Waals surface area contributed by atoms with Crippen LogP contribution in [0.2, 0.25) is 0 Å². The lowest BCUT2D eigenvalue weighted by molar-refractivity contribution is -0.160. The Hall–Kier alpha value is -2.44. The van der Waals surface area contributed by atoms with Crippen LogP contribution in [0.25, 0.3) is 0 Å². The maximum atomic E-state index is 13.6. The topological polar surface area (TPSA) is 77.9 Å². The Bertz CT molecular complexity index is 649. The molecule has 1 aromatic rings. The maximum absolute atomic E-state index is 13.6. The van der Waals surface area contributed by atoms with Crippen molar-refractivity contribution in [2.75, 3.05) is 20.1 Å². The van der Waals surface area contributed by atoms with Gasteiger partial charge in [-0.25, -0.2) is 9.18 Å². The molecule has 7 heteroatoms. The lowest BCUT2D eigenvalue weighted by Crippen LogP contribution is -2.60. The zero-order valence-electron chi connectivity index (χ0n) is 13.7. The molecule has 0 bridgehead atoms. The first kappa shape index (κ1) is 17.9. The van der Waals surface area contributed by atoms with Gasteiger partial charge >= 0.3 is 5.97 Å². The van der Waals surface area contributed by atoms with Gasteiger partial charge in [-0.05, 0) is 24.5 Å². The summed E-state index contributed by atoms with van der Waals surface area (Å²) in [7, 11) is 1.52. The van der Waals surface area contributed by atoms with Gasteiger partial charge in [0.2, 0.25) is 11.8 Å². The van der Waals surface area contributed by atoms with E-state index in [0.717, 1.165) is 4.90 Å². The van der Waals surface area contributed by atoms with E-state index in [1.807, 2.05) is 0 Å². The molecule has 2 unspecified atom stereocenters. The van der Waals surface area contributed by atoms with Gasteiger partial charge in [0.1, 0.15) is 18.4 Å². The summed E-state index contributed by atoms with van der Waals surface area (Å²) >= 11 is 0. The van der Waals surface area contributed by atoms with Gasteiger partial charge in [-0.15, -0.1) is 0 Å². The molecule has 0 aliphatic carbocycles. The molecule has 0 radical (unpaired) electrons. The number of halogens is 1. The number of carbonyl (C=O) groups is 3. The van der Waals surface area contributed by atoms with Crippen molar-refractivity contribution < 1.29 is 23.9 Å². The number of hydrogen-bond donors (Lipinski definition) is 1. The molecule has 2 atom stereocenters. The molecule has 0 saturated carbocycles. The number of benzene rings is 1. The number of piperazine rings is 1. The first-order chi connectivity index (χ1) is 11.3. The van der Waals surface area contributed by atoms with Crippen LogP contribution in [0.15, 0.2) is 24.3 Å². The fourth-order valence-corrected chi connectivity index (χ4v) is 2.76. The number of carbonyl (C=O) groups excluding carboxylic acids is 2. The van der Waals surface area contributed by atoms with Crippen molar-refractivity contribution in [2.24, 2.45) is 5.92 Å². The van der Waals surface area contributed by atoms with Crippen LogP contribution in [0.4, 0.5) is 4.39 Å². The highest BCUT2D eigenvalue weighted by atomic mass is 19.1. The molecule has 0 spiro atoms. The maximum Gasteiger partial charge on any atom is 0.328 e. The Labute approximate surface area is 139 Å². The highest BCUT2D eigenvalue weighted by molar-refractivity contribution is 5.91. The summed E-state index contributed by atoms with van der Waals surface area (Å²) in [6, 6.07) is 5.30. The lowest BCUT2D eigenvalue weighted by Gasteiger charge is -2.38. The fourth-order valence-electron chi connectivity index (χ4n) is 2.76. The van der Waals surface area contributed by atoms with E-state index in [0.29, 0.717) is 18.4 Å². The van der Waals surface area contributed by atoms with E-state index < -0.39 is 17.9 Å². The molecule has 1 N–H and O–H groups in total. The summed E-state index contributed by atoms with van der Waals surface area (Å²) < 4.78 is 13.6. The van der Waals surface area contributed by atoms with E-state index in [4.69, 9.17) is 0 Å². The summed E-state index contributed by atoms with van der Waals surface area (Å²) in [5.41, 5.74) is 0.515. The van der Waals surface area contributed by atoms with Crippen LogP contribution in [0.3, 0.4) is 0 Å². The van der Waals surface area contributed by atoms with Crippen molar-refractivity contribution >= 4 is 17.8 Å². The molecule has 6 nitrogen and oxygen atoms in total. The van der Waals surface area contributed by atoms with Crippen LogP contribution in [-0.2, 0) is 20.8 Å². The van der Waals surface area contributed by atoms with E-state index in [-0.39, 0.29) is 30.7 Å². The van der Waals surface area contributed by atoms with Gasteiger partial charge in [0.25, 0.3) is 0 Å². The quantitative estimate of drug-likeness (QED) is 0.875. The average Bonchev–Trinajstić information content (AvgIpc) is 2.55. The summed E-state index contributed by atoms with van der Waals surface area (Å²) in [5.74, 6) is -2.63. The van der Waals surface area contributed by atoms with Gasteiger partial charge in [0.15, 0.2) is 0 Å². The van der Waals surface area contributed by atoms with E-state index in [9.17, 15) is 23.9 Å². The second-order valence-corrected chi connectivity index (χ2v) is 6.13. The van der Waals surface area contributed by atoms with Gasteiger partial charge in [0, 0.05) is 13.0 Å². The van der Waals surface area contributed by atoms with Crippen LogP contribution >= 0.6 is 0 Å². The van der Waals surface area contributed by atoms with Crippen molar-refractivity contribution in [3.05, 3.63) is 35.6 Å². The first-order valence-electron chi connectivity index (χ1n) is 7.82. The molecular weight excluding hydrogens is 315 g/mol. The Morgan fingerprint density at radius 2 is 2.04 bits per heavy atom. The minimum absolute atomic E-state index is 0.0278. The highest BCUT2D eigenvalue weighted by Crippen LogP contribution is 2.18. The van der Waals surface area contributed by atoms with Crippen LogP contribution in [0.1, 0.15) is 18.9 Å². The number of rotatable bonds is 5. The molecule has 1 fully saturated rings. The third-order valence-corrected chi connectivity index (χ3v) is 4.35. The van der Waals surface area contributed by atoms with E-state index in [1.54, 1.807) is 25.1 Å². The molecule has 2 amide bonds. The van der Waals surface area contributed by atoms with Gasteiger partial charge in [0.05, 0.1) is 6.54 Å². The third-order valence-electron chi connectivity index (χ3n) is 4.35. The molecule has 24 heavy (non-hydrogen) atoms. The Kier molecular flexibility index (Phi) is 5.54. The molecule has 1 aromatic carbocycles. The van der Waals surface area contributed by atoms with E-state index in [1.165, 1.54) is 18.0 Å². The Morgan fingerprint density at radius 1 is 1.38 bits per heavy atom. The van der Waals surface area contributed by atoms with Crippen molar-refractivity contribution in [1.82, 2.24) is 9.80 Å². The largest absolute Gasteiger partial charge is 0.480 e. The molecule has 0 aromatic heterocycles. The van der Waals surface area contributed by atoms with Crippen LogP contribution < -0.4 is 0 Å². The van der Waals surface area contributed by atoms with E-state index in [2.05, 4.69) is 0 Å². The molecule has 130 valence electrons. The average molecular weight is 336 g/mol. The monoisotopic (exact) mass is 336 g/mol. The zero-order chi connectivity index (χ0) is 17.9. The summed E-state index contributed by atoms with van der Waals surface area (Å²) in [6.07, 6.45) is 0.756. The van der Waals surface area contributed by atoms with Gasteiger partial charge in [-0.3, -0.25) is 9.59 Å². The van der Waals surface area contributed by atoms with Crippen LogP contribution in [-0.4, -0.2) is 58.9 Å². The standard InChI is InChI=1S/C17H21FN2O4/c1-11(7-8-12-5-3-4-6-13(12)18)16(22)20-10-15(21)19(2)9-14(20)17(23)24/h3-6,11,14H,7-10H2,1-2H3,(H,23,24). The number of aliphatic carboxylic acids is 1. The lowest BCUT2D eigenvalue weighted by atomic mass is 9.98. The summed E-state index contributed by atoms with van der Waals surface area (Å²) in [5, 5.41) is 9.31. The van der Waals surface area contributed by atoms with Gasteiger partial charge in [-0.1, -0.05) is 25.1 Å². The molecular formula is C17H21FN2O4. The van der Waals surface area contributed by atoms with Crippen molar-refractivity contribution in [3.8, 4) is 0 Å². The molecule has 1 heterocycles. The predicted molar refractivity (Wildman–Crippen MR) is 84.7 cm³/mol.